The maximum absolute atomic E-state index is 11.2. The number of hydrazone groups is 1. The number of nitrogens with zero attached hydrogens (tertiary/aromatic N) is 3. The van der Waals surface area contributed by atoms with Gasteiger partial charge in [-0.15, -0.1) is 0 Å². The first-order chi connectivity index (χ1) is 9.08. The number of hydrogen-bond acceptors (Lipinski definition) is 7. The predicted molar refractivity (Wildman–Crippen MR) is 66.4 cm³/mol. The van der Waals surface area contributed by atoms with E-state index in [4.69, 9.17) is 5.26 Å². The Bertz CT molecular complexity index is 562. The van der Waals surface area contributed by atoms with Gasteiger partial charge in [-0.1, -0.05) is 6.07 Å². The van der Waals surface area contributed by atoms with Gasteiger partial charge in [0.1, 0.15) is 6.07 Å². The SMILES string of the molecule is CCOC(=O)/C(C#N)=N\Nc1cccc([N+](=O)[O-])c1. The molecule has 0 radical (unpaired) electrons. The van der Waals surface area contributed by atoms with E-state index >= 15 is 0 Å². The molecule has 0 aliphatic carbocycles. The Morgan fingerprint density at radius 2 is 2.37 bits per heavy atom. The summed E-state index contributed by atoms with van der Waals surface area (Å²) < 4.78 is 4.60. The van der Waals surface area contributed by atoms with Gasteiger partial charge in [-0.3, -0.25) is 15.5 Å². The molecule has 0 bridgehead atoms. The van der Waals surface area contributed by atoms with Gasteiger partial charge in [-0.2, -0.15) is 10.4 Å². The van der Waals surface area contributed by atoms with Crippen LogP contribution in [0.1, 0.15) is 6.92 Å². The number of esters is 1. The molecule has 8 heteroatoms. The van der Waals surface area contributed by atoms with Crippen LogP contribution >= 0.6 is 0 Å². The highest BCUT2D eigenvalue weighted by Crippen LogP contribution is 2.16. The van der Waals surface area contributed by atoms with Crippen LogP contribution in [0.3, 0.4) is 0 Å². The van der Waals surface area contributed by atoms with Gasteiger partial charge < -0.3 is 4.74 Å². The second-order valence-corrected chi connectivity index (χ2v) is 3.21. The van der Waals surface area contributed by atoms with Crippen LogP contribution in [0.4, 0.5) is 11.4 Å². The number of nitro benzene ring substituents is 1. The molecule has 0 fully saturated rings. The quantitative estimate of drug-likeness (QED) is 0.371. The normalized spacial score (nSPS) is 10.4. The standard InChI is InChI=1S/C11H10N4O4/c1-2-19-11(16)10(7-12)14-13-8-4-3-5-9(6-8)15(17)18/h3-6,13H,2H2,1H3/b14-10-. The van der Waals surface area contributed by atoms with Crippen LogP contribution in [0.15, 0.2) is 29.4 Å². The second kappa shape index (κ2) is 6.70. The van der Waals surface area contributed by atoms with Gasteiger partial charge in [-0.25, -0.2) is 4.79 Å². The third-order valence-corrected chi connectivity index (χ3v) is 1.93. The molecule has 1 rings (SSSR count). The molecule has 0 aliphatic rings. The molecule has 0 saturated heterocycles. The molecule has 8 nitrogen and oxygen atoms in total. The monoisotopic (exact) mass is 262 g/mol. The van der Waals surface area contributed by atoms with Gasteiger partial charge in [0.2, 0.25) is 5.71 Å². The number of nitro groups is 1. The van der Waals surface area contributed by atoms with Gasteiger partial charge in [-0.05, 0) is 13.0 Å². The van der Waals surface area contributed by atoms with E-state index < -0.39 is 16.6 Å². The van der Waals surface area contributed by atoms with Crippen molar-refractivity contribution in [2.75, 3.05) is 12.0 Å². The van der Waals surface area contributed by atoms with Crippen LogP contribution < -0.4 is 5.43 Å². The first-order valence-electron chi connectivity index (χ1n) is 5.23. The first kappa shape index (κ1) is 14.1. The van der Waals surface area contributed by atoms with E-state index in [0.29, 0.717) is 0 Å². The number of non-ortho nitro benzene ring substituents is 1. The van der Waals surface area contributed by atoms with Gasteiger partial charge in [0.25, 0.3) is 5.69 Å². The lowest BCUT2D eigenvalue weighted by atomic mass is 10.3. The Balaban J connectivity index is 2.84. The number of nitrogens with one attached hydrogen (secondary N) is 1. The van der Waals surface area contributed by atoms with E-state index in [1.165, 1.54) is 24.3 Å². The number of ether oxygens (including phenoxy) is 1. The van der Waals surface area contributed by atoms with E-state index in [9.17, 15) is 14.9 Å². The molecule has 1 N–H and O–H groups in total. The van der Waals surface area contributed by atoms with Crippen LogP contribution in [0.25, 0.3) is 0 Å². The van der Waals surface area contributed by atoms with E-state index in [2.05, 4.69) is 15.3 Å². The van der Waals surface area contributed by atoms with Crippen molar-refractivity contribution in [3.63, 3.8) is 0 Å². The zero-order chi connectivity index (χ0) is 14.3. The van der Waals surface area contributed by atoms with Crippen LogP contribution in [-0.4, -0.2) is 23.2 Å². The average molecular weight is 262 g/mol. The van der Waals surface area contributed by atoms with Crippen LogP contribution in [0.2, 0.25) is 0 Å². The fraction of sp³-hybridized carbons (Fsp3) is 0.182. The smallest absolute Gasteiger partial charge is 0.369 e. The summed E-state index contributed by atoms with van der Waals surface area (Å²) in [6.07, 6.45) is 0. The lowest BCUT2D eigenvalue weighted by molar-refractivity contribution is -0.384. The molecule has 1 aromatic rings. The molecule has 0 atom stereocenters. The third kappa shape index (κ3) is 4.08. The van der Waals surface area contributed by atoms with Crippen molar-refractivity contribution in [3.05, 3.63) is 34.4 Å². The second-order valence-electron chi connectivity index (χ2n) is 3.21. The minimum Gasteiger partial charge on any atom is -0.461 e. The van der Waals surface area contributed by atoms with E-state index in [-0.39, 0.29) is 18.0 Å². The number of nitriles is 1. The maximum Gasteiger partial charge on any atom is 0.369 e. The summed E-state index contributed by atoms with van der Waals surface area (Å²) in [4.78, 5) is 21.2. The van der Waals surface area contributed by atoms with Gasteiger partial charge in [0.15, 0.2) is 0 Å². The van der Waals surface area contributed by atoms with Crippen molar-refractivity contribution >= 4 is 23.1 Å². The number of carbonyl (C=O) groups is 1. The molecule has 0 spiro atoms. The lowest BCUT2D eigenvalue weighted by Gasteiger charge is -2.01. The molecule has 0 aliphatic heterocycles. The Labute approximate surface area is 108 Å². The zero-order valence-electron chi connectivity index (χ0n) is 9.99. The van der Waals surface area contributed by atoms with Gasteiger partial charge >= 0.3 is 5.97 Å². The molecular formula is C11H10N4O4. The topological polar surface area (TPSA) is 118 Å². The largest absolute Gasteiger partial charge is 0.461 e. The minimum atomic E-state index is -0.858. The minimum absolute atomic E-state index is 0.121. The van der Waals surface area contributed by atoms with E-state index in [0.717, 1.165) is 0 Å². The summed E-state index contributed by atoms with van der Waals surface area (Å²) in [5.41, 5.74) is 2.08. The Morgan fingerprint density at radius 3 is 2.95 bits per heavy atom. The Hall–Kier alpha value is -2.95. The fourth-order valence-corrected chi connectivity index (χ4v) is 1.13. The molecule has 0 amide bonds. The van der Waals surface area contributed by atoms with Crippen molar-refractivity contribution in [3.8, 4) is 6.07 Å². The summed E-state index contributed by atoms with van der Waals surface area (Å²) in [5, 5.41) is 22.8. The fourth-order valence-electron chi connectivity index (χ4n) is 1.13. The predicted octanol–water partition coefficient (Wildman–Crippen LogP) is 1.45. The average Bonchev–Trinajstić information content (AvgIpc) is 2.40. The highest BCUT2D eigenvalue weighted by molar-refractivity contribution is 6.43. The highest BCUT2D eigenvalue weighted by Gasteiger charge is 2.12. The molecule has 19 heavy (non-hydrogen) atoms. The molecule has 98 valence electrons. The number of anilines is 1. The number of carbonyl (C=O) groups excluding carboxylic acids is 1. The molecule has 0 saturated carbocycles. The van der Waals surface area contributed by atoms with E-state index in [1.807, 2.05) is 0 Å². The van der Waals surface area contributed by atoms with Crippen molar-refractivity contribution in [2.24, 2.45) is 5.10 Å². The highest BCUT2D eigenvalue weighted by atomic mass is 16.6. The Kier molecular flexibility index (Phi) is 4.98. The summed E-state index contributed by atoms with van der Waals surface area (Å²) in [6, 6.07) is 7.07. The van der Waals surface area contributed by atoms with Crippen molar-refractivity contribution in [1.82, 2.24) is 0 Å². The van der Waals surface area contributed by atoms with Gasteiger partial charge in [0.05, 0.1) is 17.2 Å². The molecular weight excluding hydrogens is 252 g/mol. The summed E-state index contributed by atoms with van der Waals surface area (Å²) in [6.45, 7) is 1.72. The van der Waals surface area contributed by atoms with Crippen LogP contribution in [0, 0.1) is 21.4 Å². The van der Waals surface area contributed by atoms with Crippen LogP contribution in [-0.2, 0) is 9.53 Å². The number of benzene rings is 1. The maximum atomic E-state index is 11.2. The zero-order valence-corrected chi connectivity index (χ0v) is 9.99. The third-order valence-electron chi connectivity index (χ3n) is 1.93. The number of hydrogen-bond donors (Lipinski definition) is 1. The summed E-state index contributed by atoms with van der Waals surface area (Å²) >= 11 is 0. The van der Waals surface area contributed by atoms with Crippen molar-refractivity contribution < 1.29 is 14.5 Å². The lowest BCUT2D eigenvalue weighted by Crippen LogP contribution is -2.17. The van der Waals surface area contributed by atoms with Crippen LogP contribution in [0.5, 0.6) is 0 Å². The first-order valence-corrected chi connectivity index (χ1v) is 5.23. The molecule has 1 aromatic carbocycles. The number of rotatable bonds is 5. The van der Waals surface area contributed by atoms with Crippen molar-refractivity contribution in [1.29, 1.82) is 5.26 Å². The Morgan fingerprint density at radius 1 is 1.63 bits per heavy atom. The summed E-state index contributed by atoms with van der Waals surface area (Å²) in [5.74, 6) is -0.858. The molecule has 0 aromatic heterocycles. The van der Waals surface area contributed by atoms with E-state index in [1.54, 1.807) is 13.0 Å². The van der Waals surface area contributed by atoms with Gasteiger partial charge in [0, 0.05) is 12.1 Å². The molecule has 0 unspecified atom stereocenters. The van der Waals surface area contributed by atoms with Crippen molar-refractivity contribution in [2.45, 2.75) is 6.92 Å². The molecule has 0 heterocycles. The summed E-state index contributed by atoms with van der Waals surface area (Å²) in [7, 11) is 0.